The summed E-state index contributed by atoms with van der Waals surface area (Å²) >= 11 is 0. The Bertz CT molecular complexity index is 177. The first kappa shape index (κ1) is 10.3. The molecule has 4 heteroatoms. The zero-order valence-electron chi connectivity index (χ0n) is 8.60. The van der Waals surface area contributed by atoms with Crippen molar-refractivity contribution in [3.8, 4) is 0 Å². The highest BCUT2D eigenvalue weighted by Crippen LogP contribution is 2.24. The number of nitrogens with one attached hydrogen (secondary N) is 1. The number of halogens is 1. The van der Waals surface area contributed by atoms with Gasteiger partial charge in [0.25, 0.3) is 0 Å². The van der Waals surface area contributed by atoms with E-state index in [2.05, 4.69) is 10.2 Å². The third-order valence-corrected chi connectivity index (χ3v) is 3.11. The zero-order valence-corrected chi connectivity index (χ0v) is 8.60. The van der Waals surface area contributed by atoms with Crippen LogP contribution in [0.2, 0.25) is 0 Å². The quantitative estimate of drug-likeness (QED) is 0.702. The van der Waals surface area contributed by atoms with Crippen molar-refractivity contribution < 1.29 is 9.13 Å². The Labute approximate surface area is 84.6 Å². The molecule has 0 aromatic rings. The van der Waals surface area contributed by atoms with Crippen LogP contribution in [0, 0.1) is 0 Å². The number of hydrogen-bond acceptors (Lipinski definition) is 3. The lowest BCUT2D eigenvalue weighted by atomic mass is 9.94. The Balaban J connectivity index is 1.81. The maximum absolute atomic E-state index is 14.2. The summed E-state index contributed by atoms with van der Waals surface area (Å²) in [5, 5.41) is 3.19. The molecule has 2 rings (SSSR count). The number of alkyl halides is 1. The van der Waals surface area contributed by atoms with Crippen LogP contribution in [0.4, 0.5) is 4.39 Å². The van der Waals surface area contributed by atoms with Gasteiger partial charge in [0.2, 0.25) is 0 Å². The zero-order chi connectivity index (χ0) is 9.86. The molecular formula is C10H19FN2O. The Morgan fingerprint density at radius 1 is 1.21 bits per heavy atom. The third kappa shape index (κ3) is 2.65. The minimum Gasteiger partial charge on any atom is -0.379 e. The van der Waals surface area contributed by atoms with E-state index in [-0.39, 0.29) is 0 Å². The van der Waals surface area contributed by atoms with Gasteiger partial charge in [-0.15, -0.1) is 0 Å². The second kappa shape index (κ2) is 4.55. The van der Waals surface area contributed by atoms with E-state index in [4.69, 9.17) is 4.74 Å². The van der Waals surface area contributed by atoms with Crippen LogP contribution in [0.1, 0.15) is 12.8 Å². The summed E-state index contributed by atoms with van der Waals surface area (Å²) in [5.74, 6) is 0. The maximum Gasteiger partial charge on any atom is 0.126 e. The minimum absolute atomic E-state index is 0.595. The van der Waals surface area contributed by atoms with Crippen molar-refractivity contribution in [1.82, 2.24) is 10.2 Å². The van der Waals surface area contributed by atoms with E-state index in [9.17, 15) is 4.39 Å². The summed E-state index contributed by atoms with van der Waals surface area (Å²) < 4.78 is 19.5. The van der Waals surface area contributed by atoms with Gasteiger partial charge in [0.15, 0.2) is 0 Å². The van der Waals surface area contributed by atoms with Crippen LogP contribution >= 0.6 is 0 Å². The smallest absolute Gasteiger partial charge is 0.126 e. The fraction of sp³-hybridized carbons (Fsp3) is 1.00. The second-order valence-electron chi connectivity index (χ2n) is 4.29. The summed E-state index contributed by atoms with van der Waals surface area (Å²) in [5.41, 5.74) is -0.956. The molecule has 2 aliphatic heterocycles. The van der Waals surface area contributed by atoms with Crippen LogP contribution in [0.3, 0.4) is 0 Å². The van der Waals surface area contributed by atoms with E-state index < -0.39 is 5.67 Å². The normalized spacial score (nSPS) is 28.9. The molecule has 2 heterocycles. The molecule has 82 valence electrons. The predicted molar refractivity (Wildman–Crippen MR) is 53.2 cm³/mol. The summed E-state index contributed by atoms with van der Waals surface area (Å²) in [6.45, 7) is 5.53. The largest absolute Gasteiger partial charge is 0.379 e. The highest BCUT2D eigenvalue weighted by Gasteiger charge is 2.33. The third-order valence-electron chi connectivity index (χ3n) is 3.11. The van der Waals surface area contributed by atoms with Crippen molar-refractivity contribution in [3.63, 3.8) is 0 Å². The van der Waals surface area contributed by atoms with Gasteiger partial charge in [-0.1, -0.05) is 0 Å². The monoisotopic (exact) mass is 202 g/mol. The number of rotatable bonds is 2. The number of nitrogens with zero attached hydrogens (tertiary/aromatic N) is 1. The van der Waals surface area contributed by atoms with Crippen molar-refractivity contribution in [1.29, 1.82) is 0 Å². The molecule has 1 N–H and O–H groups in total. The molecule has 0 aromatic heterocycles. The molecule has 2 fully saturated rings. The molecule has 0 aromatic carbocycles. The van der Waals surface area contributed by atoms with Gasteiger partial charge in [-0.2, -0.15) is 0 Å². The predicted octanol–water partition coefficient (Wildman–Crippen LogP) is 0.410. The van der Waals surface area contributed by atoms with Crippen LogP contribution in [0.5, 0.6) is 0 Å². The Kier molecular flexibility index (Phi) is 3.36. The summed E-state index contributed by atoms with van der Waals surface area (Å²) in [6, 6.07) is 0. The Morgan fingerprint density at radius 3 is 2.50 bits per heavy atom. The van der Waals surface area contributed by atoms with Crippen molar-refractivity contribution >= 4 is 0 Å². The fourth-order valence-corrected chi connectivity index (χ4v) is 2.19. The van der Waals surface area contributed by atoms with Crippen LogP contribution in [0.25, 0.3) is 0 Å². The van der Waals surface area contributed by atoms with Crippen molar-refractivity contribution in [3.05, 3.63) is 0 Å². The molecule has 0 saturated carbocycles. The molecular weight excluding hydrogens is 183 g/mol. The highest BCUT2D eigenvalue weighted by atomic mass is 19.1. The first-order valence-electron chi connectivity index (χ1n) is 5.48. The SMILES string of the molecule is FC1(CN2CCOCC2)CCNCC1. The standard InChI is InChI=1S/C10H19FN2O/c11-10(1-3-12-4-2-10)9-13-5-7-14-8-6-13/h12H,1-9H2. The number of piperidine rings is 1. The van der Waals surface area contributed by atoms with E-state index in [1.54, 1.807) is 0 Å². The molecule has 0 amide bonds. The van der Waals surface area contributed by atoms with Crippen molar-refractivity contribution in [2.24, 2.45) is 0 Å². The molecule has 0 spiro atoms. The number of morpholine rings is 1. The molecule has 14 heavy (non-hydrogen) atoms. The average molecular weight is 202 g/mol. The molecule has 0 bridgehead atoms. The van der Waals surface area contributed by atoms with Gasteiger partial charge in [0, 0.05) is 19.6 Å². The number of hydrogen-bond donors (Lipinski definition) is 1. The van der Waals surface area contributed by atoms with Gasteiger partial charge in [0.1, 0.15) is 5.67 Å². The van der Waals surface area contributed by atoms with E-state index >= 15 is 0 Å². The van der Waals surface area contributed by atoms with Gasteiger partial charge >= 0.3 is 0 Å². The average Bonchev–Trinajstić information content (AvgIpc) is 2.19. The number of ether oxygens (including phenoxy) is 1. The van der Waals surface area contributed by atoms with Crippen molar-refractivity contribution in [2.45, 2.75) is 18.5 Å². The van der Waals surface area contributed by atoms with Gasteiger partial charge in [-0.25, -0.2) is 4.39 Å². The maximum atomic E-state index is 14.2. The first-order chi connectivity index (χ1) is 6.79. The lowest BCUT2D eigenvalue weighted by molar-refractivity contribution is -0.00379. The Morgan fingerprint density at radius 2 is 1.86 bits per heavy atom. The van der Waals surface area contributed by atoms with Gasteiger partial charge in [0.05, 0.1) is 13.2 Å². The molecule has 0 aliphatic carbocycles. The van der Waals surface area contributed by atoms with Gasteiger partial charge in [-0.3, -0.25) is 4.90 Å². The summed E-state index contributed by atoms with van der Waals surface area (Å²) in [4.78, 5) is 2.19. The fourth-order valence-electron chi connectivity index (χ4n) is 2.19. The highest BCUT2D eigenvalue weighted by molar-refractivity contribution is 4.88. The van der Waals surface area contributed by atoms with Crippen LogP contribution < -0.4 is 5.32 Å². The molecule has 0 unspecified atom stereocenters. The molecule has 3 nitrogen and oxygen atoms in total. The van der Waals surface area contributed by atoms with Crippen molar-refractivity contribution in [2.75, 3.05) is 45.9 Å². The topological polar surface area (TPSA) is 24.5 Å². The lowest BCUT2D eigenvalue weighted by Crippen LogP contribution is -2.49. The summed E-state index contributed by atoms with van der Waals surface area (Å²) in [6.07, 6.45) is 1.31. The van der Waals surface area contributed by atoms with E-state index in [0.717, 1.165) is 39.4 Å². The molecule has 0 atom stereocenters. The summed E-state index contributed by atoms with van der Waals surface area (Å²) in [7, 11) is 0. The molecule has 2 saturated heterocycles. The minimum atomic E-state index is -0.956. The molecule has 0 radical (unpaired) electrons. The first-order valence-corrected chi connectivity index (χ1v) is 5.48. The molecule has 2 aliphatic rings. The van der Waals surface area contributed by atoms with E-state index in [1.807, 2.05) is 0 Å². The van der Waals surface area contributed by atoms with E-state index in [0.29, 0.717) is 19.4 Å². The van der Waals surface area contributed by atoms with E-state index in [1.165, 1.54) is 0 Å². The lowest BCUT2D eigenvalue weighted by Gasteiger charge is -2.36. The second-order valence-corrected chi connectivity index (χ2v) is 4.29. The Hall–Kier alpha value is -0.190. The van der Waals surface area contributed by atoms with Crippen LogP contribution in [0.15, 0.2) is 0 Å². The van der Waals surface area contributed by atoms with Crippen LogP contribution in [-0.4, -0.2) is 56.5 Å². The van der Waals surface area contributed by atoms with Crippen LogP contribution in [-0.2, 0) is 4.74 Å². The van der Waals surface area contributed by atoms with Gasteiger partial charge < -0.3 is 10.1 Å². The van der Waals surface area contributed by atoms with Gasteiger partial charge in [-0.05, 0) is 25.9 Å².